The number of amides is 1. The first-order valence-electron chi connectivity index (χ1n) is 9.04. The van der Waals surface area contributed by atoms with Crippen LogP contribution in [0.2, 0.25) is 10.0 Å². The van der Waals surface area contributed by atoms with Gasteiger partial charge in [0.05, 0.1) is 15.7 Å². The number of carbonyl (C=O) groups excluding carboxylic acids is 1. The highest BCUT2D eigenvalue weighted by Crippen LogP contribution is 2.28. The summed E-state index contributed by atoms with van der Waals surface area (Å²) in [4.78, 5) is 22.6. The van der Waals surface area contributed by atoms with Crippen molar-refractivity contribution in [3.63, 3.8) is 0 Å². The van der Waals surface area contributed by atoms with E-state index in [-0.39, 0.29) is 24.0 Å². The van der Waals surface area contributed by atoms with Gasteiger partial charge in [-0.2, -0.15) is 0 Å². The van der Waals surface area contributed by atoms with Gasteiger partial charge in [-0.15, -0.1) is 10.2 Å². The van der Waals surface area contributed by atoms with Gasteiger partial charge >= 0.3 is 0 Å². The number of aromatic nitrogens is 3. The van der Waals surface area contributed by atoms with Crippen molar-refractivity contribution in [2.75, 3.05) is 11.1 Å². The summed E-state index contributed by atoms with van der Waals surface area (Å²) in [5, 5.41) is 23.2. The fourth-order valence-electron chi connectivity index (χ4n) is 2.61. The fourth-order valence-corrected chi connectivity index (χ4v) is 3.89. The van der Waals surface area contributed by atoms with Gasteiger partial charge in [0.25, 0.3) is 5.69 Å². The van der Waals surface area contributed by atoms with E-state index in [0.29, 0.717) is 39.0 Å². The van der Waals surface area contributed by atoms with Crippen molar-refractivity contribution < 1.29 is 14.5 Å². The van der Waals surface area contributed by atoms with Crippen LogP contribution in [0.25, 0.3) is 0 Å². The number of thioether (sulfide) groups is 1. The van der Waals surface area contributed by atoms with Gasteiger partial charge < -0.3 is 14.6 Å². The van der Waals surface area contributed by atoms with E-state index >= 15 is 0 Å². The van der Waals surface area contributed by atoms with E-state index in [1.807, 2.05) is 11.5 Å². The van der Waals surface area contributed by atoms with E-state index in [1.165, 1.54) is 30.0 Å². The Labute approximate surface area is 191 Å². The highest BCUT2D eigenvalue weighted by atomic mass is 35.5. The van der Waals surface area contributed by atoms with Crippen molar-refractivity contribution in [1.82, 2.24) is 14.8 Å². The van der Waals surface area contributed by atoms with Crippen molar-refractivity contribution in [1.29, 1.82) is 0 Å². The summed E-state index contributed by atoms with van der Waals surface area (Å²) in [5.41, 5.74) is 0.257. The fraction of sp³-hybridized carbons (Fsp3) is 0.211. The number of nitro groups is 1. The molecule has 0 aliphatic rings. The van der Waals surface area contributed by atoms with Crippen LogP contribution in [0.5, 0.6) is 5.75 Å². The number of nitro benzene ring substituents is 1. The van der Waals surface area contributed by atoms with Gasteiger partial charge in [0, 0.05) is 29.4 Å². The van der Waals surface area contributed by atoms with Crippen molar-refractivity contribution in [2.24, 2.45) is 0 Å². The van der Waals surface area contributed by atoms with Gasteiger partial charge in [0.2, 0.25) is 5.91 Å². The molecular weight excluding hydrogens is 465 g/mol. The van der Waals surface area contributed by atoms with Crippen LogP contribution in [0, 0.1) is 10.1 Å². The molecule has 9 nitrogen and oxygen atoms in total. The number of non-ortho nitro benzene ring substituents is 1. The summed E-state index contributed by atoms with van der Waals surface area (Å²) in [6.45, 7) is 2.65. The number of rotatable bonds is 9. The van der Waals surface area contributed by atoms with E-state index in [4.69, 9.17) is 27.9 Å². The van der Waals surface area contributed by atoms with Crippen LogP contribution in [0.1, 0.15) is 12.7 Å². The highest BCUT2D eigenvalue weighted by Gasteiger charge is 2.15. The SMILES string of the molecule is CCn1c(COc2ccc(Cl)cc2Cl)nnc1SCC(=O)Nc1cccc([N+](=O)[O-])c1. The second-order valence-electron chi connectivity index (χ2n) is 6.15. The highest BCUT2D eigenvalue weighted by molar-refractivity contribution is 7.99. The molecule has 0 radical (unpaired) electrons. The molecule has 3 rings (SSSR count). The lowest BCUT2D eigenvalue weighted by Gasteiger charge is -2.10. The minimum atomic E-state index is -0.519. The average molecular weight is 482 g/mol. The lowest BCUT2D eigenvalue weighted by atomic mass is 10.3. The minimum absolute atomic E-state index is 0.0602. The lowest BCUT2D eigenvalue weighted by molar-refractivity contribution is -0.384. The molecule has 0 atom stereocenters. The third kappa shape index (κ3) is 6.09. The molecule has 0 aliphatic carbocycles. The van der Waals surface area contributed by atoms with Crippen molar-refractivity contribution >= 4 is 52.2 Å². The van der Waals surface area contributed by atoms with Crippen LogP contribution in [0.4, 0.5) is 11.4 Å². The summed E-state index contributed by atoms with van der Waals surface area (Å²) in [6, 6.07) is 10.7. The maximum Gasteiger partial charge on any atom is 0.271 e. The van der Waals surface area contributed by atoms with E-state index in [1.54, 1.807) is 24.3 Å². The van der Waals surface area contributed by atoms with Gasteiger partial charge in [-0.3, -0.25) is 14.9 Å². The van der Waals surface area contributed by atoms with E-state index in [2.05, 4.69) is 15.5 Å². The van der Waals surface area contributed by atoms with Crippen molar-refractivity contribution in [2.45, 2.75) is 25.2 Å². The van der Waals surface area contributed by atoms with E-state index in [9.17, 15) is 14.9 Å². The molecular formula is C19H17Cl2N5O4S. The topological polar surface area (TPSA) is 112 Å². The van der Waals surface area contributed by atoms with Gasteiger partial charge in [0.15, 0.2) is 11.0 Å². The van der Waals surface area contributed by atoms with Crippen LogP contribution < -0.4 is 10.1 Å². The smallest absolute Gasteiger partial charge is 0.271 e. The Balaban J connectivity index is 1.59. The van der Waals surface area contributed by atoms with E-state index in [0.717, 1.165) is 0 Å². The Hall–Kier alpha value is -2.82. The number of halogens is 2. The van der Waals surface area contributed by atoms with Crippen LogP contribution in [0.15, 0.2) is 47.6 Å². The summed E-state index contributed by atoms with van der Waals surface area (Å²) >= 11 is 13.2. The van der Waals surface area contributed by atoms with Gasteiger partial charge in [0.1, 0.15) is 12.4 Å². The van der Waals surface area contributed by atoms with Crippen molar-refractivity contribution in [3.05, 3.63) is 68.4 Å². The molecule has 0 saturated heterocycles. The largest absolute Gasteiger partial charge is 0.484 e. The molecule has 0 aliphatic heterocycles. The molecule has 0 bridgehead atoms. The molecule has 3 aromatic rings. The molecule has 1 aromatic heterocycles. The first-order valence-corrected chi connectivity index (χ1v) is 10.8. The second-order valence-corrected chi connectivity index (χ2v) is 7.94. The van der Waals surface area contributed by atoms with Crippen LogP contribution in [-0.2, 0) is 17.9 Å². The number of ether oxygens (including phenoxy) is 1. The molecule has 1 amide bonds. The minimum Gasteiger partial charge on any atom is -0.484 e. The number of hydrogen-bond donors (Lipinski definition) is 1. The number of nitrogens with one attached hydrogen (secondary N) is 1. The Morgan fingerprint density at radius 3 is 2.77 bits per heavy atom. The molecule has 162 valence electrons. The Kier molecular flexibility index (Phi) is 7.72. The maximum absolute atomic E-state index is 12.2. The summed E-state index contributed by atoms with van der Waals surface area (Å²) < 4.78 is 7.54. The molecule has 0 saturated carbocycles. The predicted molar refractivity (Wildman–Crippen MR) is 119 cm³/mol. The molecule has 12 heteroatoms. The number of anilines is 1. The summed E-state index contributed by atoms with van der Waals surface area (Å²) in [7, 11) is 0. The zero-order chi connectivity index (χ0) is 22.4. The van der Waals surface area contributed by atoms with Crippen LogP contribution in [0.3, 0.4) is 0 Å². The molecule has 31 heavy (non-hydrogen) atoms. The van der Waals surface area contributed by atoms with Gasteiger partial charge in [-0.05, 0) is 31.2 Å². The Morgan fingerprint density at radius 2 is 2.06 bits per heavy atom. The quantitative estimate of drug-likeness (QED) is 0.264. The molecule has 1 heterocycles. The van der Waals surface area contributed by atoms with Gasteiger partial charge in [-0.25, -0.2) is 0 Å². The first-order chi connectivity index (χ1) is 14.9. The standard InChI is InChI=1S/C19H17Cl2N5O4S/c1-2-25-17(10-30-16-7-6-12(20)8-15(16)21)23-24-19(25)31-11-18(27)22-13-4-3-5-14(9-13)26(28)29/h3-9H,2,10-11H2,1H3,(H,22,27). The monoisotopic (exact) mass is 481 g/mol. The summed E-state index contributed by atoms with van der Waals surface area (Å²) in [5.74, 6) is 0.796. The normalized spacial score (nSPS) is 10.7. The van der Waals surface area contributed by atoms with E-state index < -0.39 is 4.92 Å². The third-order valence-electron chi connectivity index (χ3n) is 4.03. The van der Waals surface area contributed by atoms with Gasteiger partial charge in [-0.1, -0.05) is 41.0 Å². The number of hydrogen-bond acceptors (Lipinski definition) is 7. The Bertz CT molecular complexity index is 1110. The van der Waals surface area contributed by atoms with Crippen LogP contribution >= 0.6 is 35.0 Å². The molecule has 0 spiro atoms. The van der Waals surface area contributed by atoms with Crippen LogP contribution in [-0.4, -0.2) is 31.3 Å². The molecule has 2 aromatic carbocycles. The molecule has 1 N–H and O–H groups in total. The number of nitrogens with zero attached hydrogens (tertiary/aromatic N) is 4. The second kappa shape index (κ2) is 10.5. The number of carbonyl (C=O) groups is 1. The maximum atomic E-state index is 12.2. The van der Waals surface area contributed by atoms with Crippen molar-refractivity contribution in [3.8, 4) is 5.75 Å². The average Bonchev–Trinajstić information content (AvgIpc) is 3.13. The molecule has 0 unspecified atom stereocenters. The first kappa shape index (κ1) is 22.9. The zero-order valence-corrected chi connectivity index (χ0v) is 18.6. The zero-order valence-electron chi connectivity index (χ0n) is 16.2. The third-order valence-corrected chi connectivity index (χ3v) is 5.53. The number of benzene rings is 2. The molecule has 0 fully saturated rings. The Morgan fingerprint density at radius 1 is 1.26 bits per heavy atom. The predicted octanol–water partition coefficient (Wildman–Crippen LogP) is 4.82. The lowest BCUT2D eigenvalue weighted by Crippen LogP contribution is -2.15. The summed E-state index contributed by atoms with van der Waals surface area (Å²) in [6.07, 6.45) is 0.